The zero-order valence-corrected chi connectivity index (χ0v) is 21.5. The Kier molecular flexibility index (Phi) is 7.76. The monoisotopic (exact) mass is 528 g/mol. The molecule has 0 bridgehead atoms. The predicted octanol–water partition coefficient (Wildman–Crippen LogP) is 2.28. The predicted molar refractivity (Wildman–Crippen MR) is 136 cm³/mol. The molecule has 0 aliphatic carbocycles. The van der Waals surface area contributed by atoms with Crippen LogP contribution in [0.1, 0.15) is 32.1 Å². The molecule has 37 heavy (non-hydrogen) atoms. The van der Waals surface area contributed by atoms with E-state index in [9.17, 15) is 22.4 Å². The van der Waals surface area contributed by atoms with Gasteiger partial charge >= 0.3 is 0 Å². The van der Waals surface area contributed by atoms with Gasteiger partial charge in [0, 0.05) is 37.4 Å². The van der Waals surface area contributed by atoms with Crippen molar-refractivity contribution in [2.24, 2.45) is 5.73 Å². The van der Waals surface area contributed by atoms with E-state index in [4.69, 9.17) is 10.5 Å². The van der Waals surface area contributed by atoms with E-state index in [2.05, 4.69) is 0 Å². The molecule has 11 heteroatoms. The zero-order chi connectivity index (χ0) is 26.7. The van der Waals surface area contributed by atoms with Gasteiger partial charge in [0.2, 0.25) is 10.0 Å². The molecular formula is C26H29FN4O5S. The highest BCUT2D eigenvalue weighted by Gasteiger charge is 2.30. The molecular weight excluding hydrogens is 499 g/mol. The Balaban J connectivity index is 1.47. The minimum absolute atomic E-state index is 0.0232. The van der Waals surface area contributed by atoms with E-state index in [1.807, 2.05) is 4.90 Å². The van der Waals surface area contributed by atoms with Gasteiger partial charge in [0.25, 0.3) is 5.91 Å². The van der Waals surface area contributed by atoms with Crippen LogP contribution in [0, 0.1) is 12.7 Å². The number of sulfonamides is 1. The topological polar surface area (TPSA) is 115 Å². The van der Waals surface area contributed by atoms with Crippen molar-refractivity contribution in [3.63, 3.8) is 0 Å². The number of nitrogens with two attached hydrogens (primary N) is 1. The van der Waals surface area contributed by atoms with Crippen molar-refractivity contribution in [2.45, 2.75) is 18.4 Å². The molecule has 2 N–H and O–H groups in total. The molecule has 0 saturated carbocycles. The van der Waals surface area contributed by atoms with Gasteiger partial charge in [-0.3, -0.25) is 14.5 Å². The molecule has 1 aliphatic rings. The number of carbonyl (C=O) groups excluding carboxylic acids is 2. The fourth-order valence-electron chi connectivity index (χ4n) is 4.44. The van der Waals surface area contributed by atoms with Crippen molar-refractivity contribution in [1.29, 1.82) is 0 Å². The van der Waals surface area contributed by atoms with E-state index in [0.717, 1.165) is 0 Å². The van der Waals surface area contributed by atoms with Gasteiger partial charge in [0.1, 0.15) is 11.6 Å². The Morgan fingerprint density at radius 2 is 1.68 bits per heavy atom. The van der Waals surface area contributed by atoms with Gasteiger partial charge in [-0.2, -0.15) is 4.31 Å². The fourth-order valence-corrected chi connectivity index (χ4v) is 5.86. The lowest BCUT2D eigenvalue weighted by molar-refractivity contribution is 0.0892. The second-order valence-corrected chi connectivity index (χ2v) is 10.8. The highest BCUT2D eigenvalue weighted by atomic mass is 32.2. The summed E-state index contributed by atoms with van der Waals surface area (Å²) in [5.41, 5.74) is 6.82. The average molecular weight is 529 g/mol. The number of hydrogen-bond acceptors (Lipinski definition) is 6. The largest absolute Gasteiger partial charge is 0.497 e. The smallest absolute Gasteiger partial charge is 0.250 e. The van der Waals surface area contributed by atoms with E-state index in [0.29, 0.717) is 30.1 Å². The van der Waals surface area contributed by atoms with Crippen LogP contribution in [0.15, 0.2) is 59.5 Å². The maximum absolute atomic E-state index is 14.3. The number of benzene rings is 2. The van der Waals surface area contributed by atoms with Crippen LogP contribution < -0.4 is 10.5 Å². The molecule has 1 saturated heterocycles. The third-order valence-corrected chi connectivity index (χ3v) is 8.51. The van der Waals surface area contributed by atoms with Gasteiger partial charge in [0.05, 0.1) is 36.4 Å². The minimum atomic E-state index is -3.67. The van der Waals surface area contributed by atoms with Gasteiger partial charge in [-0.15, -0.1) is 0 Å². The third kappa shape index (κ3) is 5.58. The Labute approximate surface area is 215 Å². The molecule has 3 aromatic rings. The van der Waals surface area contributed by atoms with Crippen LogP contribution in [0.2, 0.25) is 0 Å². The molecule has 1 amide bonds. The van der Waals surface area contributed by atoms with Crippen LogP contribution in [0.25, 0.3) is 0 Å². The summed E-state index contributed by atoms with van der Waals surface area (Å²) in [5, 5.41) is 0. The number of rotatable bonds is 9. The fraction of sp³-hybridized carbons (Fsp3) is 0.308. The average Bonchev–Trinajstić information content (AvgIpc) is 3.22. The molecule has 0 atom stereocenters. The van der Waals surface area contributed by atoms with Crippen LogP contribution in [0.3, 0.4) is 0 Å². The van der Waals surface area contributed by atoms with Gasteiger partial charge in [-0.05, 0) is 43.3 Å². The van der Waals surface area contributed by atoms with E-state index >= 15 is 0 Å². The summed E-state index contributed by atoms with van der Waals surface area (Å²) in [6, 6.07) is 13.9. The molecule has 2 aromatic carbocycles. The Bertz CT molecular complexity index is 1410. The van der Waals surface area contributed by atoms with Crippen LogP contribution in [-0.2, 0) is 16.6 Å². The summed E-state index contributed by atoms with van der Waals surface area (Å²) in [6.07, 6.45) is 0. The maximum atomic E-state index is 14.3. The summed E-state index contributed by atoms with van der Waals surface area (Å²) >= 11 is 0. The van der Waals surface area contributed by atoms with Crippen molar-refractivity contribution in [3.8, 4) is 5.75 Å². The number of primary amides is 1. The van der Waals surface area contributed by atoms with Crippen molar-refractivity contribution in [1.82, 2.24) is 13.8 Å². The first kappa shape index (κ1) is 26.5. The number of ether oxygens (including phenoxy) is 1. The molecule has 196 valence electrons. The van der Waals surface area contributed by atoms with Gasteiger partial charge in [0.15, 0.2) is 5.78 Å². The molecule has 4 rings (SSSR count). The highest BCUT2D eigenvalue weighted by Crippen LogP contribution is 2.22. The second kappa shape index (κ2) is 10.8. The number of Topliss-reactive ketones (excluding diaryl/α,β-unsaturated/α-hetero) is 1. The summed E-state index contributed by atoms with van der Waals surface area (Å²) in [4.78, 5) is 27.3. The molecule has 0 unspecified atom stereocenters. The first-order valence-corrected chi connectivity index (χ1v) is 13.2. The number of amides is 1. The summed E-state index contributed by atoms with van der Waals surface area (Å²) < 4.78 is 48.4. The van der Waals surface area contributed by atoms with Crippen LogP contribution in [0.4, 0.5) is 4.39 Å². The van der Waals surface area contributed by atoms with Crippen molar-refractivity contribution < 1.29 is 27.1 Å². The van der Waals surface area contributed by atoms with Gasteiger partial charge in [-0.25, -0.2) is 12.8 Å². The normalized spacial score (nSPS) is 15.0. The number of piperazine rings is 1. The number of nitrogens with zero attached hydrogens (tertiary/aromatic N) is 3. The summed E-state index contributed by atoms with van der Waals surface area (Å²) in [5.74, 6) is -0.782. The highest BCUT2D eigenvalue weighted by molar-refractivity contribution is 7.89. The Hall–Kier alpha value is -3.54. The number of carbonyl (C=O) groups is 2. The standard InChI is InChI=1S/C26H29FN4O5S/c1-18-22(26(28)33)15-24(31(18)16-19-5-3-4-6-23(19)27)25(32)17-29-11-13-30(14-12-29)37(34,35)21-9-7-20(36-2)8-10-21/h3-10,15H,11-14,16-17H2,1-2H3,(H2,28,33). The lowest BCUT2D eigenvalue weighted by atomic mass is 10.2. The lowest BCUT2D eigenvalue weighted by Crippen LogP contribution is -2.49. The van der Waals surface area contributed by atoms with Crippen LogP contribution in [0.5, 0.6) is 5.75 Å². The van der Waals surface area contributed by atoms with Crippen LogP contribution >= 0.6 is 0 Å². The minimum Gasteiger partial charge on any atom is -0.497 e. The molecule has 9 nitrogen and oxygen atoms in total. The van der Waals surface area contributed by atoms with Gasteiger partial charge < -0.3 is 15.0 Å². The number of ketones is 1. The summed E-state index contributed by atoms with van der Waals surface area (Å²) in [6.45, 7) is 2.93. The quantitative estimate of drug-likeness (QED) is 0.426. The van der Waals surface area contributed by atoms with Crippen LogP contribution in [-0.4, -0.2) is 73.7 Å². The van der Waals surface area contributed by atoms with E-state index in [-0.39, 0.29) is 48.1 Å². The van der Waals surface area contributed by atoms with Crippen molar-refractivity contribution in [2.75, 3.05) is 39.8 Å². The molecule has 1 aliphatic heterocycles. The molecule has 0 spiro atoms. The lowest BCUT2D eigenvalue weighted by Gasteiger charge is -2.33. The number of methoxy groups -OCH3 is 1. The summed E-state index contributed by atoms with van der Waals surface area (Å²) in [7, 11) is -2.16. The Morgan fingerprint density at radius 1 is 1.03 bits per heavy atom. The zero-order valence-electron chi connectivity index (χ0n) is 20.7. The molecule has 1 fully saturated rings. The second-order valence-electron chi connectivity index (χ2n) is 8.85. The third-order valence-electron chi connectivity index (χ3n) is 6.60. The molecule has 2 heterocycles. The Morgan fingerprint density at radius 3 is 2.27 bits per heavy atom. The number of aromatic nitrogens is 1. The first-order valence-electron chi connectivity index (χ1n) is 11.7. The van der Waals surface area contributed by atoms with Crippen molar-refractivity contribution in [3.05, 3.63) is 82.9 Å². The number of hydrogen-bond donors (Lipinski definition) is 1. The van der Waals surface area contributed by atoms with Crippen molar-refractivity contribution >= 4 is 21.7 Å². The van der Waals surface area contributed by atoms with E-state index in [1.165, 1.54) is 35.7 Å². The van der Waals surface area contributed by atoms with E-state index < -0.39 is 21.7 Å². The first-order chi connectivity index (χ1) is 17.6. The van der Waals surface area contributed by atoms with E-state index in [1.54, 1.807) is 41.8 Å². The molecule has 0 radical (unpaired) electrons. The van der Waals surface area contributed by atoms with Gasteiger partial charge in [-0.1, -0.05) is 18.2 Å². The molecule has 1 aromatic heterocycles. The SMILES string of the molecule is COc1ccc(S(=O)(=O)N2CCN(CC(=O)c3cc(C(N)=O)c(C)n3Cc3ccccc3F)CC2)cc1. The maximum Gasteiger partial charge on any atom is 0.250 e. The number of halogens is 1.